The molecule has 0 bridgehead atoms. The summed E-state index contributed by atoms with van der Waals surface area (Å²) in [5.74, 6) is -0.0306. The number of benzene rings is 2. The number of hydrogen-bond donors (Lipinski definition) is 1. The van der Waals surface area contributed by atoms with Gasteiger partial charge < -0.3 is 5.32 Å². The highest BCUT2D eigenvalue weighted by molar-refractivity contribution is 7.99. The van der Waals surface area contributed by atoms with Gasteiger partial charge in [0.15, 0.2) is 10.9 Å². The van der Waals surface area contributed by atoms with E-state index >= 15 is 0 Å². The minimum absolute atomic E-state index is 0.00860. The molecule has 3 aromatic rings. The van der Waals surface area contributed by atoms with Crippen molar-refractivity contribution < 1.29 is 9.59 Å². The molecule has 0 spiro atoms. The van der Waals surface area contributed by atoms with E-state index in [1.54, 1.807) is 12.1 Å². The van der Waals surface area contributed by atoms with Crippen molar-refractivity contribution >= 4 is 29.1 Å². The topological polar surface area (TPSA) is 72.0 Å². The number of fused-ring (bicyclic) bond motifs is 1. The van der Waals surface area contributed by atoms with Crippen LogP contribution in [-0.2, 0) is 4.79 Å². The van der Waals surface area contributed by atoms with Gasteiger partial charge in [0.05, 0.1) is 17.4 Å². The molecule has 0 unspecified atom stereocenters. The summed E-state index contributed by atoms with van der Waals surface area (Å²) in [6.07, 6.45) is 0. The molecule has 6 heteroatoms. The Bertz CT molecular complexity index is 1070. The highest BCUT2D eigenvalue weighted by Gasteiger charge is 2.27. The highest BCUT2D eigenvalue weighted by Crippen LogP contribution is 2.33. The quantitative estimate of drug-likeness (QED) is 0.396. The molecule has 28 heavy (non-hydrogen) atoms. The van der Waals surface area contributed by atoms with Crippen molar-refractivity contribution in [3.63, 3.8) is 0 Å². The molecule has 2 aromatic carbocycles. The van der Waals surface area contributed by atoms with Crippen LogP contribution in [0.2, 0.25) is 0 Å². The van der Waals surface area contributed by atoms with Gasteiger partial charge in [0, 0.05) is 22.5 Å². The van der Waals surface area contributed by atoms with Gasteiger partial charge in [0.1, 0.15) is 0 Å². The van der Waals surface area contributed by atoms with Crippen LogP contribution in [0.1, 0.15) is 34.5 Å². The predicted octanol–water partition coefficient (Wildman–Crippen LogP) is 4.48. The largest absolute Gasteiger partial charge is 0.325 e. The zero-order valence-electron chi connectivity index (χ0n) is 15.6. The Morgan fingerprint density at radius 2 is 1.89 bits per heavy atom. The highest BCUT2D eigenvalue weighted by atomic mass is 32.2. The van der Waals surface area contributed by atoms with Crippen LogP contribution in [0.15, 0.2) is 59.8 Å². The van der Waals surface area contributed by atoms with Gasteiger partial charge in [-0.15, -0.1) is 0 Å². The lowest BCUT2D eigenvalue weighted by atomic mass is 9.99. The molecule has 0 aliphatic carbocycles. The number of aromatic nitrogens is 2. The van der Waals surface area contributed by atoms with Crippen LogP contribution in [0.4, 0.5) is 5.69 Å². The lowest BCUT2D eigenvalue weighted by Crippen LogP contribution is -2.08. The number of amides is 1. The van der Waals surface area contributed by atoms with E-state index in [0.717, 1.165) is 28.2 Å². The number of rotatable bonds is 5. The molecule has 2 heterocycles. The van der Waals surface area contributed by atoms with E-state index in [0.29, 0.717) is 10.7 Å². The smallest absolute Gasteiger partial charge is 0.231 e. The molecule has 0 saturated carbocycles. The molecule has 0 fully saturated rings. The summed E-state index contributed by atoms with van der Waals surface area (Å²) < 4.78 is 0. The van der Waals surface area contributed by atoms with Crippen molar-refractivity contribution in [2.24, 2.45) is 0 Å². The summed E-state index contributed by atoms with van der Waals surface area (Å²) in [7, 11) is 0. The second-order valence-electron chi connectivity index (χ2n) is 6.77. The molecule has 140 valence electrons. The van der Waals surface area contributed by atoms with Crippen LogP contribution in [0.5, 0.6) is 0 Å². The van der Waals surface area contributed by atoms with E-state index in [4.69, 9.17) is 0 Å². The normalized spacial score (nSPS) is 15.2. The zero-order valence-corrected chi connectivity index (χ0v) is 16.4. The van der Waals surface area contributed by atoms with E-state index in [1.165, 1.54) is 11.8 Å². The Hall–Kier alpha value is -2.99. The number of aryl methyl sites for hydroxylation is 1. The minimum Gasteiger partial charge on any atom is -0.325 e. The van der Waals surface area contributed by atoms with E-state index in [1.807, 2.05) is 56.3 Å². The fourth-order valence-electron chi connectivity index (χ4n) is 3.17. The summed E-state index contributed by atoms with van der Waals surface area (Å²) in [4.78, 5) is 33.5. The molecule has 1 aliphatic heterocycles. The minimum atomic E-state index is -0.232. The number of hydrogen-bond acceptors (Lipinski definition) is 5. The maximum Gasteiger partial charge on any atom is 0.231 e. The zero-order chi connectivity index (χ0) is 19.7. The number of Topliss-reactive ketones (excluding diaryl/α,β-unsaturated/α-hetero) is 1. The predicted molar refractivity (Wildman–Crippen MR) is 111 cm³/mol. The van der Waals surface area contributed by atoms with Crippen LogP contribution in [0, 0.1) is 6.92 Å². The fourth-order valence-corrected chi connectivity index (χ4v) is 3.96. The molecular formula is C22H19N3O2S. The Kier molecular flexibility index (Phi) is 4.96. The maximum absolute atomic E-state index is 12.7. The van der Waals surface area contributed by atoms with E-state index in [9.17, 15) is 9.59 Å². The Balaban J connectivity index is 1.50. The average Bonchev–Trinajstić information content (AvgIpc) is 3.00. The first-order valence-corrected chi connectivity index (χ1v) is 10.0. The third-order valence-electron chi connectivity index (χ3n) is 4.73. The lowest BCUT2D eigenvalue weighted by molar-refractivity contribution is -0.116. The SMILES string of the molecule is Cc1cc(-c2ccccc2)nc(SCC(=O)c2ccc3c(c2)[C@@H](C)C(=O)N3)n1. The number of anilines is 1. The summed E-state index contributed by atoms with van der Waals surface area (Å²) in [5.41, 5.74) is 4.99. The first kappa shape index (κ1) is 18.4. The number of thioether (sulfide) groups is 1. The molecule has 1 aliphatic rings. The molecule has 0 saturated heterocycles. The lowest BCUT2D eigenvalue weighted by Gasteiger charge is -2.07. The number of nitrogens with one attached hydrogen (secondary N) is 1. The third-order valence-corrected chi connectivity index (χ3v) is 5.57. The second-order valence-corrected chi connectivity index (χ2v) is 7.71. The monoisotopic (exact) mass is 389 g/mol. The summed E-state index contributed by atoms with van der Waals surface area (Å²) in [6, 6.07) is 17.2. The summed E-state index contributed by atoms with van der Waals surface area (Å²) >= 11 is 1.33. The number of nitrogens with zero attached hydrogens (tertiary/aromatic N) is 2. The molecule has 5 nitrogen and oxygen atoms in total. The third kappa shape index (κ3) is 3.68. The van der Waals surface area contributed by atoms with Gasteiger partial charge in [-0.1, -0.05) is 42.1 Å². The van der Waals surface area contributed by atoms with Gasteiger partial charge in [-0.25, -0.2) is 9.97 Å². The van der Waals surface area contributed by atoms with Gasteiger partial charge in [-0.05, 0) is 43.7 Å². The number of ketones is 1. The maximum atomic E-state index is 12.7. The Morgan fingerprint density at radius 3 is 2.68 bits per heavy atom. The second kappa shape index (κ2) is 7.56. The molecular weight excluding hydrogens is 370 g/mol. The van der Waals surface area contributed by atoms with E-state index in [2.05, 4.69) is 15.3 Å². The van der Waals surface area contributed by atoms with Crippen LogP contribution in [0.3, 0.4) is 0 Å². The molecule has 1 aromatic heterocycles. The Morgan fingerprint density at radius 1 is 1.11 bits per heavy atom. The molecule has 1 amide bonds. The average molecular weight is 389 g/mol. The van der Waals surface area contributed by atoms with Gasteiger partial charge >= 0.3 is 0 Å². The van der Waals surface area contributed by atoms with Gasteiger partial charge in [-0.2, -0.15) is 0 Å². The van der Waals surface area contributed by atoms with Crippen molar-refractivity contribution in [1.82, 2.24) is 9.97 Å². The first-order chi connectivity index (χ1) is 13.5. The van der Waals surface area contributed by atoms with Crippen molar-refractivity contribution in [3.8, 4) is 11.3 Å². The molecule has 1 N–H and O–H groups in total. The molecule has 4 rings (SSSR count). The van der Waals surface area contributed by atoms with Crippen molar-refractivity contribution in [2.45, 2.75) is 24.9 Å². The van der Waals surface area contributed by atoms with Crippen LogP contribution < -0.4 is 5.32 Å². The molecule has 0 radical (unpaired) electrons. The standard InChI is InChI=1S/C22H19N3O2S/c1-13-10-19(15-6-4-3-5-7-15)25-22(23-13)28-12-20(26)16-8-9-18-17(11-16)14(2)21(27)24-18/h3-11,14H,12H2,1-2H3,(H,24,27)/t14-/m1/s1. The summed E-state index contributed by atoms with van der Waals surface area (Å²) in [5, 5.41) is 3.41. The van der Waals surface area contributed by atoms with Gasteiger partial charge in [-0.3, -0.25) is 9.59 Å². The van der Waals surface area contributed by atoms with Crippen LogP contribution in [0.25, 0.3) is 11.3 Å². The van der Waals surface area contributed by atoms with Gasteiger partial charge in [0.2, 0.25) is 5.91 Å². The summed E-state index contributed by atoms with van der Waals surface area (Å²) in [6.45, 7) is 3.77. The van der Waals surface area contributed by atoms with Crippen molar-refractivity contribution in [3.05, 3.63) is 71.4 Å². The number of carbonyl (C=O) groups excluding carboxylic acids is 2. The number of carbonyl (C=O) groups is 2. The van der Waals surface area contributed by atoms with Gasteiger partial charge in [0.25, 0.3) is 0 Å². The van der Waals surface area contributed by atoms with E-state index in [-0.39, 0.29) is 23.4 Å². The Labute approximate surface area is 167 Å². The first-order valence-electron chi connectivity index (χ1n) is 9.03. The fraction of sp³-hybridized carbons (Fsp3) is 0.182. The van der Waals surface area contributed by atoms with Crippen molar-refractivity contribution in [1.29, 1.82) is 0 Å². The van der Waals surface area contributed by atoms with E-state index < -0.39 is 0 Å². The molecule has 1 atom stereocenters. The van der Waals surface area contributed by atoms with Crippen LogP contribution in [-0.4, -0.2) is 27.4 Å². The van der Waals surface area contributed by atoms with Crippen molar-refractivity contribution in [2.75, 3.05) is 11.1 Å². The van der Waals surface area contributed by atoms with Crippen LogP contribution >= 0.6 is 11.8 Å².